The lowest BCUT2D eigenvalue weighted by Crippen LogP contribution is -1.93. The van der Waals surface area contributed by atoms with E-state index in [1.165, 1.54) is 31.2 Å². The Bertz CT molecular complexity index is 248. The van der Waals surface area contributed by atoms with Crippen LogP contribution >= 0.6 is 11.3 Å². The highest BCUT2D eigenvalue weighted by molar-refractivity contribution is 7.10. The highest BCUT2D eigenvalue weighted by Gasteiger charge is 2.18. The lowest BCUT2D eigenvalue weighted by atomic mass is 10.1. The fourth-order valence-electron chi connectivity index (χ4n) is 1.93. The second kappa shape index (κ2) is 3.58. The summed E-state index contributed by atoms with van der Waals surface area (Å²) in [7, 11) is 0. The summed E-state index contributed by atoms with van der Waals surface area (Å²) in [6.07, 6.45) is 5.62. The SMILES string of the molecule is NCc1csc(C2CCCC2)c1. The molecule has 1 fully saturated rings. The van der Waals surface area contributed by atoms with Crippen molar-refractivity contribution in [1.29, 1.82) is 0 Å². The van der Waals surface area contributed by atoms with Crippen molar-refractivity contribution in [2.45, 2.75) is 38.1 Å². The highest BCUT2D eigenvalue weighted by Crippen LogP contribution is 2.37. The third-order valence-electron chi connectivity index (χ3n) is 2.67. The summed E-state index contributed by atoms with van der Waals surface area (Å²) < 4.78 is 0. The van der Waals surface area contributed by atoms with E-state index in [2.05, 4.69) is 11.4 Å². The number of nitrogens with two attached hydrogens (primary N) is 1. The lowest BCUT2D eigenvalue weighted by Gasteiger charge is -2.03. The minimum atomic E-state index is 0.698. The van der Waals surface area contributed by atoms with E-state index in [-0.39, 0.29) is 0 Å². The first-order valence-electron chi connectivity index (χ1n) is 4.67. The van der Waals surface area contributed by atoms with E-state index < -0.39 is 0 Å². The molecule has 1 heterocycles. The molecule has 0 unspecified atom stereocenters. The Morgan fingerprint density at radius 2 is 2.17 bits per heavy atom. The standard InChI is InChI=1S/C10H15NS/c11-6-8-5-10(12-7-8)9-3-1-2-4-9/h5,7,9H,1-4,6,11H2. The normalized spacial score (nSPS) is 18.8. The predicted molar refractivity (Wildman–Crippen MR) is 53.4 cm³/mol. The summed E-state index contributed by atoms with van der Waals surface area (Å²) in [6, 6.07) is 2.29. The fraction of sp³-hybridized carbons (Fsp3) is 0.600. The van der Waals surface area contributed by atoms with Crippen molar-refractivity contribution in [2.75, 3.05) is 0 Å². The molecule has 0 saturated heterocycles. The number of hydrogen-bond acceptors (Lipinski definition) is 2. The number of hydrogen-bond donors (Lipinski definition) is 1. The van der Waals surface area contributed by atoms with Gasteiger partial charge in [-0.3, -0.25) is 0 Å². The van der Waals surface area contributed by atoms with Crippen LogP contribution in [0.4, 0.5) is 0 Å². The molecule has 2 heteroatoms. The van der Waals surface area contributed by atoms with E-state index in [1.807, 2.05) is 11.3 Å². The van der Waals surface area contributed by atoms with Gasteiger partial charge in [-0.15, -0.1) is 11.3 Å². The molecule has 66 valence electrons. The van der Waals surface area contributed by atoms with Crippen LogP contribution in [0.5, 0.6) is 0 Å². The smallest absolute Gasteiger partial charge is 0.0186 e. The van der Waals surface area contributed by atoms with Crippen molar-refractivity contribution in [3.8, 4) is 0 Å². The molecule has 1 saturated carbocycles. The van der Waals surface area contributed by atoms with E-state index in [9.17, 15) is 0 Å². The Hall–Kier alpha value is -0.340. The number of rotatable bonds is 2. The maximum absolute atomic E-state index is 5.57. The van der Waals surface area contributed by atoms with Crippen molar-refractivity contribution in [1.82, 2.24) is 0 Å². The summed E-state index contributed by atoms with van der Waals surface area (Å²) in [5.74, 6) is 0.857. The first-order chi connectivity index (χ1) is 5.90. The molecule has 2 N–H and O–H groups in total. The first-order valence-corrected chi connectivity index (χ1v) is 5.55. The number of thiophene rings is 1. The Morgan fingerprint density at radius 3 is 2.75 bits per heavy atom. The van der Waals surface area contributed by atoms with Crippen molar-refractivity contribution < 1.29 is 0 Å². The zero-order valence-electron chi connectivity index (χ0n) is 7.25. The van der Waals surface area contributed by atoms with Crippen LogP contribution in [0.1, 0.15) is 42.0 Å². The minimum Gasteiger partial charge on any atom is -0.326 e. The highest BCUT2D eigenvalue weighted by atomic mass is 32.1. The van der Waals surface area contributed by atoms with E-state index in [0.29, 0.717) is 6.54 Å². The quantitative estimate of drug-likeness (QED) is 0.746. The van der Waals surface area contributed by atoms with E-state index >= 15 is 0 Å². The molecule has 12 heavy (non-hydrogen) atoms. The third kappa shape index (κ3) is 1.54. The maximum atomic E-state index is 5.57. The van der Waals surface area contributed by atoms with Crippen LogP contribution in [0, 0.1) is 0 Å². The Kier molecular flexibility index (Phi) is 2.47. The molecule has 0 spiro atoms. The summed E-state index contributed by atoms with van der Waals surface area (Å²) in [5, 5.41) is 2.20. The molecule has 1 aromatic rings. The monoisotopic (exact) mass is 181 g/mol. The molecule has 1 aliphatic carbocycles. The van der Waals surface area contributed by atoms with Crippen LogP contribution in [0.25, 0.3) is 0 Å². The van der Waals surface area contributed by atoms with Crippen LogP contribution in [0.15, 0.2) is 11.4 Å². The van der Waals surface area contributed by atoms with Crippen LogP contribution < -0.4 is 5.73 Å². The minimum absolute atomic E-state index is 0.698. The van der Waals surface area contributed by atoms with Gasteiger partial charge in [-0.25, -0.2) is 0 Å². The van der Waals surface area contributed by atoms with Gasteiger partial charge >= 0.3 is 0 Å². The average molecular weight is 181 g/mol. The topological polar surface area (TPSA) is 26.0 Å². The van der Waals surface area contributed by atoms with Gasteiger partial charge in [0.1, 0.15) is 0 Å². The Morgan fingerprint density at radius 1 is 1.42 bits per heavy atom. The molecule has 0 amide bonds. The van der Waals surface area contributed by atoms with Gasteiger partial charge in [0.05, 0.1) is 0 Å². The van der Waals surface area contributed by atoms with Gasteiger partial charge in [-0.05, 0) is 35.8 Å². The zero-order chi connectivity index (χ0) is 8.39. The van der Waals surface area contributed by atoms with Crippen LogP contribution in [0.2, 0.25) is 0 Å². The van der Waals surface area contributed by atoms with Gasteiger partial charge in [0.25, 0.3) is 0 Å². The molecular formula is C10H15NS. The van der Waals surface area contributed by atoms with Crippen molar-refractivity contribution >= 4 is 11.3 Å². The van der Waals surface area contributed by atoms with E-state index in [0.717, 1.165) is 5.92 Å². The van der Waals surface area contributed by atoms with Crippen LogP contribution in [0.3, 0.4) is 0 Å². The third-order valence-corrected chi connectivity index (χ3v) is 3.81. The molecule has 0 bridgehead atoms. The summed E-state index contributed by atoms with van der Waals surface area (Å²) in [4.78, 5) is 1.56. The van der Waals surface area contributed by atoms with Crippen LogP contribution in [-0.2, 0) is 6.54 Å². The predicted octanol–water partition coefficient (Wildman–Crippen LogP) is 2.86. The lowest BCUT2D eigenvalue weighted by molar-refractivity contribution is 0.737. The molecule has 0 atom stereocenters. The van der Waals surface area contributed by atoms with Crippen molar-refractivity contribution in [3.63, 3.8) is 0 Å². The largest absolute Gasteiger partial charge is 0.326 e. The van der Waals surface area contributed by atoms with Crippen molar-refractivity contribution in [3.05, 3.63) is 21.9 Å². The molecule has 1 aromatic heterocycles. The Labute approximate surface area is 77.6 Å². The van der Waals surface area contributed by atoms with Gasteiger partial charge < -0.3 is 5.73 Å². The van der Waals surface area contributed by atoms with Gasteiger partial charge in [-0.2, -0.15) is 0 Å². The molecule has 1 aliphatic rings. The van der Waals surface area contributed by atoms with Crippen LogP contribution in [-0.4, -0.2) is 0 Å². The van der Waals surface area contributed by atoms with E-state index in [4.69, 9.17) is 5.73 Å². The van der Waals surface area contributed by atoms with E-state index in [1.54, 1.807) is 4.88 Å². The van der Waals surface area contributed by atoms with Gasteiger partial charge in [0.2, 0.25) is 0 Å². The van der Waals surface area contributed by atoms with Crippen molar-refractivity contribution in [2.24, 2.45) is 5.73 Å². The molecule has 0 aromatic carbocycles. The average Bonchev–Trinajstić information content (AvgIpc) is 2.75. The summed E-state index contributed by atoms with van der Waals surface area (Å²) in [5.41, 5.74) is 6.88. The summed E-state index contributed by atoms with van der Waals surface area (Å²) >= 11 is 1.89. The summed E-state index contributed by atoms with van der Waals surface area (Å²) in [6.45, 7) is 0.698. The first kappa shape index (κ1) is 8.27. The fourth-order valence-corrected chi connectivity index (χ4v) is 3.03. The molecular weight excluding hydrogens is 166 g/mol. The van der Waals surface area contributed by atoms with Gasteiger partial charge in [0, 0.05) is 11.4 Å². The second-order valence-corrected chi connectivity index (χ2v) is 4.49. The molecule has 0 radical (unpaired) electrons. The molecule has 2 rings (SSSR count). The van der Waals surface area contributed by atoms with Gasteiger partial charge in [-0.1, -0.05) is 12.8 Å². The second-order valence-electron chi connectivity index (χ2n) is 3.54. The molecule has 0 aliphatic heterocycles. The Balaban J connectivity index is 2.11. The van der Waals surface area contributed by atoms with Gasteiger partial charge in [0.15, 0.2) is 0 Å². The maximum Gasteiger partial charge on any atom is 0.0186 e. The zero-order valence-corrected chi connectivity index (χ0v) is 8.07. The molecule has 1 nitrogen and oxygen atoms in total.